The van der Waals surface area contributed by atoms with Crippen LogP contribution in [0.4, 0.5) is 0 Å². The van der Waals surface area contributed by atoms with Crippen molar-refractivity contribution in [2.24, 2.45) is 0 Å². The number of likely N-dealkylation sites (N-methyl/N-ethyl adjacent to an activating group) is 1. The van der Waals surface area contributed by atoms with Gasteiger partial charge in [0.1, 0.15) is 0 Å². The number of aromatic nitrogens is 1. The highest BCUT2D eigenvalue weighted by Gasteiger charge is 2.32. The SMILES string of the molecule is CN(C(=O)COC(=O)c1ccc2ncsc2c1)C1CCS(=O)(=O)C1. The fourth-order valence-corrected chi connectivity index (χ4v) is 5.07. The minimum atomic E-state index is -3.07. The zero-order valence-electron chi connectivity index (χ0n) is 13.0. The summed E-state index contributed by atoms with van der Waals surface area (Å²) in [6, 6.07) is 4.64. The highest BCUT2D eigenvalue weighted by atomic mass is 32.2. The minimum Gasteiger partial charge on any atom is -0.452 e. The van der Waals surface area contributed by atoms with E-state index in [2.05, 4.69) is 4.98 Å². The molecule has 0 saturated carbocycles. The zero-order valence-corrected chi connectivity index (χ0v) is 14.6. The van der Waals surface area contributed by atoms with Crippen molar-refractivity contribution in [3.63, 3.8) is 0 Å². The number of hydrogen-bond acceptors (Lipinski definition) is 7. The molecule has 2 aromatic rings. The van der Waals surface area contributed by atoms with Crippen molar-refractivity contribution < 1.29 is 22.7 Å². The van der Waals surface area contributed by atoms with Crippen molar-refractivity contribution in [3.8, 4) is 0 Å². The molecule has 0 spiro atoms. The summed E-state index contributed by atoms with van der Waals surface area (Å²) in [5, 5.41) is 0. The van der Waals surface area contributed by atoms with Gasteiger partial charge in [0, 0.05) is 13.1 Å². The maximum absolute atomic E-state index is 12.1. The lowest BCUT2D eigenvalue weighted by atomic mass is 10.2. The Balaban J connectivity index is 1.58. The molecule has 24 heavy (non-hydrogen) atoms. The average molecular weight is 368 g/mol. The third kappa shape index (κ3) is 3.57. The van der Waals surface area contributed by atoms with Gasteiger partial charge in [-0.2, -0.15) is 0 Å². The third-order valence-electron chi connectivity index (χ3n) is 4.04. The first-order valence-corrected chi connectivity index (χ1v) is 10.0. The van der Waals surface area contributed by atoms with Crippen LogP contribution < -0.4 is 0 Å². The lowest BCUT2D eigenvalue weighted by molar-refractivity contribution is -0.134. The van der Waals surface area contributed by atoms with E-state index in [1.807, 2.05) is 0 Å². The summed E-state index contributed by atoms with van der Waals surface area (Å²) in [5.74, 6) is -0.953. The van der Waals surface area contributed by atoms with Gasteiger partial charge in [-0.3, -0.25) is 4.79 Å². The summed E-state index contributed by atoms with van der Waals surface area (Å²) in [7, 11) is -1.54. The molecule has 1 unspecified atom stereocenters. The quantitative estimate of drug-likeness (QED) is 0.750. The fraction of sp³-hybridized carbons (Fsp3) is 0.400. The fourth-order valence-electron chi connectivity index (χ4n) is 2.58. The molecule has 2 heterocycles. The van der Waals surface area contributed by atoms with E-state index in [1.54, 1.807) is 23.7 Å². The number of esters is 1. The van der Waals surface area contributed by atoms with Crippen LogP contribution in [0.3, 0.4) is 0 Å². The first kappa shape index (κ1) is 16.8. The lowest BCUT2D eigenvalue weighted by Crippen LogP contribution is -2.40. The summed E-state index contributed by atoms with van der Waals surface area (Å²) in [6.45, 7) is -0.410. The van der Waals surface area contributed by atoms with Crippen molar-refractivity contribution in [2.75, 3.05) is 25.2 Å². The number of ether oxygens (including phenoxy) is 1. The Bertz CT molecular complexity index is 890. The summed E-state index contributed by atoms with van der Waals surface area (Å²) in [4.78, 5) is 29.6. The Morgan fingerprint density at radius 2 is 2.21 bits per heavy atom. The van der Waals surface area contributed by atoms with Gasteiger partial charge in [0.05, 0.1) is 32.8 Å². The molecule has 0 bridgehead atoms. The van der Waals surface area contributed by atoms with Crippen molar-refractivity contribution in [3.05, 3.63) is 29.3 Å². The van der Waals surface area contributed by atoms with Gasteiger partial charge < -0.3 is 9.64 Å². The normalized spacial score (nSPS) is 19.3. The molecule has 0 radical (unpaired) electrons. The molecule has 7 nitrogen and oxygen atoms in total. The average Bonchev–Trinajstić information content (AvgIpc) is 3.16. The van der Waals surface area contributed by atoms with Crippen LogP contribution in [0.5, 0.6) is 0 Å². The molecule has 128 valence electrons. The second-order valence-electron chi connectivity index (χ2n) is 5.67. The number of carbonyl (C=O) groups is 2. The molecule has 1 fully saturated rings. The first-order valence-electron chi connectivity index (χ1n) is 7.32. The molecule has 1 aliphatic rings. The molecule has 1 aromatic carbocycles. The molecule has 1 atom stereocenters. The number of thiazole rings is 1. The molecule has 1 amide bonds. The van der Waals surface area contributed by atoms with E-state index >= 15 is 0 Å². The molecular weight excluding hydrogens is 352 g/mol. The molecular formula is C15H16N2O5S2. The number of fused-ring (bicyclic) bond motifs is 1. The van der Waals surface area contributed by atoms with Crippen LogP contribution in [0.15, 0.2) is 23.7 Å². The molecule has 0 aliphatic carbocycles. The maximum Gasteiger partial charge on any atom is 0.338 e. The van der Waals surface area contributed by atoms with Crippen molar-refractivity contribution in [1.29, 1.82) is 0 Å². The second kappa shape index (κ2) is 6.48. The Morgan fingerprint density at radius 1 is 1.42 bits per heavy atom. The first-order chi connectivity index (χ1) is 11.4. The standard InChI is InChI=1S/C15H16N2O5S2/c1-17(11-4-5-24(20,21)8-11)14(18)7-22-15(19)10-2-3-12-13(6-10)23-9-16-12/h2-3,6,9,11H,4-5,7-8H2,1H3. The largest absolute Gasteiger partial charge is 0.452 e. The molecule has 1 aromatic heterocycles. The number of benzene rings is 1. The predicted octanol–water partition coefficient (Wildman–Crippen LogP) is 1.10. The molecule has 3 rings (SSSR count). The van der Waals surface area contributed by atoms with Gasteiger partial charge in [0.15, 0.2) is 16.4 Å². The zero-order chi connectivity index (χ0) is 17.3. The monoisotopic (exact) mass is 368 g/mol. The number of nitrogens with zero attached hydrogens (tertiary/aromatic N) is 2. The Hall–Kier alpha value is -2.00. The number of carbonyl (C=O) groups excluding carboxylic acids is 2. The highest BCUT2D eigenvalue weighted by Crippen LogP contribution is 2.20. The van der Waals surface area contributed by atoms with E-state index in [-0.39, 0.29) is 17.5 Å². The van der Waals surface area contributed by atoms with Crippen LogP contribution in [0.2, 0.25) is 0 Å². The minimum absolute atomic E-state index is 0.0365. The highest BCUT2D eigenvalue weighted by molar-refractivity contribution is 7.91. The van der Waals surface area contributed by atoms with Crippen LogP contribution in [-0.4, -0.2) is 61.4 Å². The second-order valence-corrected chi connectivity index (χ2v) is 8.79. The van der Waals surface area contributed by atoms with Gasteiger partial charge >= 0.3 is 5.97 Å². The van der Waals surface area contributed by atoms with Crippen molar-refractivity contribution in [1.82, 2.24) is 9.88 Å². The summed E-state index contributed by atoms with van der Waals surface area (Å²) in [5.41, 5.74) is 2.84. The lowest BCUT2D eigenvalue weighted by Gasteiger charge is -2.23. The van der Waals surface area contributed by atoms with Gasteiger partial charge in [0.25, 0.3) is 5.91 Å². The van der Waals surface area contributed by atoms with E-state index in [0.717, 1.165) is 10.2 Å². The van der Waals surface area contributed by atoms with E-state index in [0.29, 0.717) is 12.0 Å². The van der Waals surface area contributed by atoms with E-state index in [9.17, 15) is 18.0 Å². The number of hydrogen-bond donors (Lipinski definition) is 0. The molecule has 1 saturated heterocycles. The van der Waals surface area contributed by atoms with E-state index in [4.69, 9.17) is 4.74 Å². The van der Waals surface area contributed by atoms with Crippen LogP contribution >= 0.6 is 11.3 Å². The molecule has 9 heteroatoms. The topological polar surface area (TPSA) is 93.6 Å². The number of rotatable bonds is 4. The van der Waals surface area contributed by atoms with Gasteiger partial charge in [-0.15, -0.1) is 11.3 Å². The third-order valence-corrected chi connectivity index (χ3v) is 6.59. The predicted molar refractivity (Wildman–Crippen MR) is 89.7 cm³/mol. The Labute approximate surface area is 143 Å². The van der Waals surface area contributed by atoms with Crippen LogP contribution in [0.25, 0.3) is 10.2 Å². The van der Waals surface area contributed by atoms with E-state index < -0.39 is 28.3 Å². The summed E-state index contributed by atoms with van der Waals surface area (Å²) >= 11 is 1.41. The summed E-state index contributed by atoms with van der Waals surface area (Å²) < 4.78 is 28.9. The summed E-state index contributed by atoms with van der Waals surface area (Å²) in [6.07, 6.45) is 0.417. The number of amides is 1. The van der Waals surface area contributed by atoms with Gasteiger partial charge in [-0.25, -0.2) is 18.2 Å². The smallest absolute Gasteiger partial charge is 0.338 e. The van der Waals surface area contributed by atoms with Crippen LogP contribution in [0, 0.1) is 0 Å². The van der Waals surface area contributed by atoms with Crippen LogP contribution in [-0.2, 0) is 19.4 Å². The van der Waals surface area contributed by atoms with Gasteiger partial charge in [-0.1, -0.05) is 0 Å². The van der Waals surface area contributed by atoms with Crippen LogP contribution in [0.1, 0.15) is 16.8 Å². The maximum atomic E-state index is 12.1. The van der Waals surface area contributed by atoms with E-state index in [1.165, 1.54) is 23.3 Å². The van der Waals surface area contributed by atoms with Gasteiger partial charge in [-0.05, 0) is 24.6 Å². The molecule has 0 N–H and O–H groups in total. The van der Waals surface area contributed by atoms with Crippen molar-refractivity contribution in [2.45, 2.75) is 12.5 Å². The Kier molecular flexibility index (Phi) is 4.55. The van der Waals surface area contributed by atoms with Gasteiger partial charge in [0.2, 0.25) is 0 Å². The number of sulfone groups is 1. The Morgan fingerprint density at radius 3 is 2.92 bits per heavy atom. The van der Waals surface area contributed by atoms with Crippen molar-refractivity contribution >= 4 is 43.3 Å². The molecule has 1 aliphatic heterocycles.